The fourth-order valence-electron chi connectivity index (χ4n) is 3.05. The van der Waals surface area contributed by atoms with E-state index >= 15 is 0 Å². The lowest BCUT2D eigenvalue weighted by Gasteiger charge is -2.18. The Morgan fingerprint density at radius 2 is 2.18 bits per heavy atom. The van der Waals surface area contributed by atoms with Crippen molar-refractivity contribution in [1.29, 1.82) is 0 Å². The normalized spacial score (nSPS) is 20.3. The fraction of sp³-hybridized carbons (Fsp3) is 0.188. The lowest BCUT2D eigenvalue weighted by atomic mass is 10.1. The lowest BCUT2D eigenvalue weighted by molar-refractivity contribution is 0.238. The van der Waals surface area contributed by atoms with E-state index in [1.54, 1.807) is 10.8 Å². The van der Waals surface area contributed by atoms with Crippen LogP contribution in [0.5, 0.6) is 0 Å². The van der Waals surface area contributed by atoms with Gasteiger partial charge in [0, 0.05) is 11.6 Å². The number of carbonyl (C=O) groups is 1. The SMILES string of the molecule is N[C@@H]1c2ccccc2C[C@H]1NC(=O)n1ccc2cc(Cl)sc21. The van der Waals surface area contributed by atoms with Gasteiger partial charge in [0.15, 0.2) is 0 Å². The van der Waals surface area contributed by atoms with Crippen LogP contribution < -0.4 is 11.1 Å². The third kappa shape index (κ3) is 2.13. The van der Waals surface area contributed by atoms with Crippen molar-refractivity contribution in [1.82, 2.24) is 9.88 Å². The van der Waals surface area contributed by atoms with Crippen molar-refractivity contribution in [2.75, 3.05) is 0 Å². The highest BCUT2D eigenvalue weighted by atomic mass is 35.5. The topological polar surface area (TPSA) is 60.0 Å². The predicted octanol–water partition coefficient (Wildman–Crippen LogP) is 3.54. The zero-order valence-corrected chi connectivity index (χ0v) is 13.2. The lowest BCUT2D eigenvalue weighted by Crippen LogP contribution is -2.42. The van der Waals surface area contributed by atoms with Crippen molar-refractivity contribution in [3.05, 3.63) is 58.1 Å². The second-order valence-corrected chi connectivity index (χ2v) is 7.14. The molecule has 0 radical (unpaired) electrons. The highest BCUT2D eigenvalue weighted by molar-refractivity contribution is 7.22. The first-order chi connectivity index (χ1) is 10.6. The molecule has 0 saturated heterocycles. The van der Waals surface area contributed by atoms with Gasteiger partial charge in [0.2, 0.25) is 0 Å². The van der Waals surface area contributed by atoms with Crippen LogP contribution in [0.4, 0.5) is 4.79 Å². The number of fused-ring (bicyclic) bond motifs is 2. The molecule has 0 bridgehead atoms. The van der Waals surface area contributed by atoms with Crippen LogP contribution in [0.25, 0.3) is 10.2 Å². The zero-order valence-electron chi connectivity index (χ0n) is 11.6. The molecule has 22 heavy (non-hydrogen) atoms. The molecule has 112 valence electrons. The average Bonchev–Trinajstić information content (AvgIpc) is 3.13. The minimum atomic E-state index is -0.168. The Labute approximate surface area is 136 Å². The monoisotopic (exact) mass is 331 g/mol. The summed E-state index contributed by atoms with van der Waals surface area (Å²) in [5.74, 6) is 0. The van der Waals surface area contributed by atoms with Gasteiger partial charge in [-0.1, -0.05) is 35.9 Å². The van der Waals surface area contributed by atoms with E-state index in [0.717, 1.165) is 22.2 Å². The summed E-state index contributed by atoms with van der Waals surface area (Å²) in [5.41, 5.74) is 8.59. The number of benzene rings is 1. The molecule has 2 atom stereocenters. The molecule has 6 heteroatoms. The first-order valence-electron chi connectivity index (χ1n) is 7.04. The summed E-state index contributed by atoms with van der Waals surface area (Å²) in [6.45, 7) is 0. The van der Waals surface area contributed by atoms with E-state index in [1.807, 2.05) is 30.3 Å². The fourth-order valence-corrected chi connectivity index (χ4v) is 4.24. The summed E-state index contributed by atoms with van der Waals surface area (Å²) >= 11 is 7.41. The van der Waals surface area contributed by atoms with E-state index in [0.29, 0.717) is 4.34 Å². The molecule has 2 heterocycles. The van der Waals surface area contributed by atoms with Gasteiger partial charge in [0.1, 0.15) is 4.83 Å². The Morgan fingerprint density at radius 3 is 3.00 bits per heavy atom. The van der Waals surface area contributed by atoms with Crippen LogP contribution in [0.3, 0.4) is 0 Å². The molecule has 0 aliphatic heterocycles. The Bertz CT molecular complexity index is 869. The molecule has 1 aliphatic carbocycles. The Hall–Kier alpha value is -1.82. The second-order valence-electron chi connectivity index (χ2n) is 5.48. The quantitative estimate of drug-likeness (QED) is 0.716. The summed E-state index contributed by atoms with van der Waals surface area (Å²) < 4.78 is 2.28. The number of hydrogen-bond donors (Lipinski definition) is 2. The number of halogens is 1. The first kappa shape index (κ1) is 13.8. The zero-order chi connectivity index (χ0) is 15.3. The van der Waals surface area contributed by atoms with Gasteiger partial charge in [0.25, 0.3) is 0 Å². The highest BCUT2D eigenvalue weighted by Gasteiger charge is 2.30. The number of nitrogens with two attached hydrogens (primary N) is 1. The molecule has 2 aromatic heterocycles. The van der Waals surface area contributed by atoms with Crippen molar-refractivity contribution in [3.8, 4) is 0 Å². The van der Waals surface area contributed by atoms with E-state index in [9.17, 15) is 4.79 Å². The minimum Gasteiger partial charge on any atom is -0.332 e. The number of rotatable bonds is 1. The molecule has 0 saturated carbocycles. The van der Waals surface area contributed by atoms with Crippen LogP contribution in [0.1, 0.15) is 17.2 Å². The molecule has 1 amide bonds. The molecule has 4 rings (SSSR count). The number of aromatic nitrogens is 1. The summed E-state index contributed by atoms with van der Waals surface area (Å²) in [6, 6.07) is 11.4. The standard InChI is InChI=1S/C16H14ClN3OS/c17-13-8-10-5-6-20(15(10)22-13)16(21)19-12-7-9-3-1-2-4-11(9)14(12)18/h1-6,8,12,14H,7,18H2,(H,19,21)/t12-,14-/m1/s1. The van der Waals surface area contributed by atoms with Crippen LogP contribution in [0.15, 0.2) is 42.6 Å². The highest BCUT2D eigenvalue weighted by Crippen LogP contribution is 2.31. The van der Waals surface area contributed by atoms with Crippen molar-refractivity contribution >= 4 is 39.2 Å². The average molecular weight is 332 g/mol. The maximum absolute atomic E-state index is 12.5. The number of thiophene rings is 1. The van der Waals surface area contributed by atoms with E-state index < -0.39 is 0 Å². The van der Waals surface area contributed by atoms with Crippen molar-refractivity contribution in [2.45, 2.75) is 18.5 Å². The largest absolute Gasteiger partial charge is 0.332 e. The minimum absolute atomic E-state index is 0.0854. The van der Waals surface area contributed by atoms with Gasteiger partial charge in [-0.05, 0) is 29.7 Å². The summed E-state index contributed by atoms with van der Waals surface area (Å²) in [6.07, 6.45) is 2.53. The molecule has 4 nitrogen and oxygen atoms in total. The molecule has 0 spiro atoms. The van der Waals surface area contributed by atoms with Gasteiger partial charge >= 0.3 is 6.03 Å². The predicted molar refractivity (Wildman–Crippen MR) is 89.6 cm³/mol. The van der Waals surface area contributed by atoms with Crippen molar-refractivity contribution < 1.29 is 4.79 Å². The third-order valence-corrected chi connectivity index (χ3v) is 5.43. The van der Waals surface area contributed by atoms with Crippen molar-refractivity contribution in [2.24, 2.45) is 5.73 Å². The number of nitrogens with zero attached hydrogens (tertiary/aromatic N) is 1. The van der Waals surface area contributed by atoms with E-state index in [-0.39, 0.29) is 18.1 Å². The van der Waals surface area contributed by atoms with Crippen LogP contribution in [0, 0.1) is 0 Å². The number of hydrogen-bond acceptors (Lipinski definition) is 3. The van der Waals surface area contributed by atoms with Gasteiger partial charge in [0.05, 0.1) is 16.4 Å². The van der Waals surface area contributed by atoms with E-state index in [4.69, 9.17) is 17.3 Å². The van der Waals surface area contributed by atoms with Gasteiger partial charge in [-0.2, -0.15) is 0 Å². The van der Waals surface area contributed by atoms with E-state index in [1.165, 1.54) is 16.9 Å². The second kappa shape index (κ2) is 5.12. The molecule has 1 aromatic carbocycles. The molecular formula is C16H14ClN3OS. The van der Waals surface area contributed by atoms with Gasteiger partial charge in [-0.25, -0.2) is 4.79 Å². The van der Waals surface area contributed by atoms with Crippen LogP contribution in [-0.2, 0) is 6.42 Å². The van der Waals surface area contributed by atoms with Crippen molar-refractivity contribution in [3.63, 3.8) is 0 Å². The van der Waals surface area contributed by atoms with Gasteiger partial charge < -0.3 is 11.1 Å². The molecule has 0 unspecified atom stereocenters. The van der Waals surface area contributed by atoms with Crippen LogP contribution in [-0.4, -0.2) is 16.6 Å². The first-order valence-corrected chi connectivity index (χ1v) is 8.23. The molecule has 1 aliphatic rings. The Balaban J connectivity index is 1.58. The van der Waals surface area contributed by atoms with Gasteiger partial charge in [-0.3, -0.25) is 4.57 Å². The van der Waals surface area contributed by atoms with Crippen LogP contribution >= 0.6 is 22.9 Å². The number of amides is 1. The summed E-state index contributed by atoms with van der Waals surface area (Å²) in [5, 5.41) is 4.02. The maximum Gasteiger partial charge on any atom is 0.326 e. The summed E-state index contributed by atoms with van der Waals surface area (Å²) in [7, 11) is 0. The molecule has 3 aromatic rings. The Kier molecular flexibility index (Phi) is 3.22. The third-order valence-electron chi connectivity index (χ3n) is 4.15. The Morgan fingerprint density at radius 1 is 1.36 bits per heavy atom. The number of nitrogens with one attached hydrogen (secondary N) is 1. The molecular weight excluding hydrogens is 318 g/mol. The summed E-state index contributed by atoms with van der Waals surface area (Å²) in [4.78, 5) is 13.4. The number of carbonyl (C=O) groups excluding carboxylic acids is 1. The van der Waals surface area contributed by atoms with Gasteiger partial charge in [-0.15, -0.1) is 11.3 Å². The maximum atomic E-state index is 12.5. The van der Waals surface area contributed by atoms with E-state index in [2.05, 4.69) is 11.4 Å². The smallest absolute Gasteiger partial charge is 0.326 e. The molecule has 0 fully saturated rings. The molecule has 3 N–H and O–H groups in total. The van der Waals surface area contributed by atoms with Crippen LogP contribution in [0.2, 0.25) is 4.34 Å².